The van der Waals surface area contributed by atoms with Crippen LogP contribution in [0.3, 0.4) is 0 Å². The lowest BCUT2D eigenvalue weighted by Crippen LogP contribution is -2.56. The molecule has 9 nitrogen and oxygen atoms in total. The maximum atomic E-state index is 13.7. The number of esters is 1. The Labute approximate surface area is 230 Å². The summed E-state index contributed by atoms with van der Waals surface area (Å²) in [5, 5.41) is 1.51. The average Bonchev–Trinajstić information content (AvgIpc) is 3.16. The van der Waals surface area contributed by atoms with Crippen molar-refractivity contribution in [2.24, 2.45) is 5.92 Å². The molecule has 3 fully saturated rings. The lowest BCUT2D eigenvalue weighted by Gasteiger charge is -2.51. The molecule has 1 N–H and O–H groups in total. The Morgan fingerprint density at radius 2 is 1.77 bits per heavy atom. The van der Waals surface area contributed by atoms with Crippen molar-refractivity contribution in [1.82, 2.24) is 25.2 Å². The smallest absolute Gasteiger partial charge is 0.356 e. The van der Waals surface area contributed by atoms with E-state index in [4.69, 9.17) is 4.74 Å². The number of ether oxygens (including phenoxy) is 1. The Bertz CT molecular complexity index is 1200. The highest BCUT2D eigenvalue weighted by Crippen LogP contribution is 2.49. The van der Waals surface area contributed by atoms with E-state index in [-0.39, 0.29) is 35.1 Å². The third-order valence-corrected chi connectivity index (χ3v) is 9.13. The van der Waals surface area contributed by atoms with Crippen molar-refractivity contribution in [1.29, 1.82) is 0 Å². The van der Waals surface area contributed by atoms with Crippen LogP contribution in [0.15, 0.2) is 48.5 Å². The van der Waals surface area contributed by atoms with Crippen LogP contribution in [0.5, 0.6) is 0 Å². The summed E-state index contributed by atoms with van der Waals surface area (Å²) < 4.78 is 4.73. The molecule has 0 atom stereocenters. The molecule has 1 aliphatic heterocycles. The molecule has 1 spiro atoms. The van der Waals surface area contributed by atoms with Crippen LogP contribution in [0.2, 0.25) is 0 Å². The molecule has 9 heteroatoms. The van der Waals surface area contributed by atoms with Crippen LogP contribution in [0.25, 0.3) is 0 Å². The molecule has 2 aromatic rings. The number of hydrogen-bond donors (Lipinski definition) is 1. The first-order valence-corrected chi connectivity index (χ1v) is 13.9. The molecular formula is C30H39N5O4. The van der Waals surface area contributed by atoms with Gasteiger partial charge in [-0.05, 0) is 76.2 Å². The summed E-state index contributed by atoms with van der Waals surface area (Å²) in [6.45, 7) is 1.21. The minimum atomic E-state index is -0.554. The number of nitrogens with zero attached hydrogens (tertiary/aromatic N) is 4. The quantitative estimate of drug-likeness (QED) is 0.520. The van der Waals surface area contributed by atoms with Crippen molar-refractivity contribution >= 4 is 17.9 Å². The molecule has 1 aromatic carbocycles. The fourth-order valence-electron chi connectivity index (χ4n) is 6.54. The summed E-state index contributed by atoms with van der Waals surface area (Å²) in [5.41, 5.74) is 4.38. The second-order valence-electron chi connectivity index (χ2n) is 11.5. The molecule has 208 valence electrons. The van der Waals surface area contributed by atoms with Crippen molar-refractivity contribution in [2.45, 2.75) is 62.4 Å². The number of hydrazine groups is 1. The van der Waals surface area contributed by atoms with Crippen LogP contribution in [0, 0.1) is 5.92 Å². The molecule has 1 saturated heterocycles. The van der Waals surface area contributed by atoms with Crippen LogP contribution in [0.1, 0.15) is 66.7 Å². The number of pyridine rings is 1. The Balaban J connectivity index is 1.32. The highest BCUT2D eigenvalue weighted by molar-refractivity contribution is 5.87. The van der Waals surface area contributed by atoms with Gasteiger partial charge in [0.05, 0.1) is 31.3 Å². The predicted molar refractivity (Wildman–Crippen MR) is 147 cm³/mol. The zero-order chi connectivity index (χ0) is 27.6. The molecule has 3 amide bonds. The Kier molecular flexibility index (Phi) is 7.62. The lowest BCUT2D eigenvalue weighted by atomic mass is 9.68. The van der Waals surface area contributed by atoms with Gasteiger partial charge in [-0.15, -0.1) is 0 Å². The Hall–Kier alpha value is -3.46. The van der Waals surface area contributed by atoms with E-state index in [0.717, 1.165) is 45.1 Å². The van der Waals surface area contributed by atoms with E-state index >= 15 is 0 Å². The van der Waals surface area contributed by atoms with Crippen LogP contribution in [-0.2, 0) is 21.5 Å². The zero-order valence-electron chi connectivity index (χ0n) is 23.2. The van der Waals surface area contributed by atoms with Crippen LogP contribution < -0.4 is 5.43 Å². The van der Waals surface area contributed by atoms with Gasteiger partial charge in [0.25, 0.3) is 0 Å². The molecule has 3 aliphatic rings. The zero-order valence-corrected chi connectivity index (χ0v) is 23.2. The van der Waals surface area contributed by atoms with E-state index in [2.05, 4.69) is 64.6 Å². The van der Waals surface area contributed by atoms with Gasteiger partial charge in [0, 0.05) is 12.1 Å². The van der Waals surface area contributed by atoms with Crippen molar-refractivity contribution in [3.8, 4) is 0 Å². The van der Waals surface area contributed by atoms with Gasteiger partial charge in [-0.3, -0.25) is 15.1 Å². The number of benzene rings is 1. The average molecular weight is 534 g/mol. The molecular weight excluding hydrogens is 494 g/mol. The number of rotatable bonds is 8. The van der Waals surface area contributed by atoms with Gasteiger partial charge >= 0.3 is 12.0 Å². The van der Waals surface area contributed by atoms with Crippen LogP contribution in [0.4, 0.5) is 4.79 Å². The van der Waals surface area contributed by atoms with Gasteiger partial charge < -0.3 is 9.64 Å². The van der Waals surface area contributed by atoms with Crippen molar-refractivity contribution in [2.75, 3.05) is 34.3 Å². The molecule has 1 aromatic heterocycles. The molecule has 2 saturated carbocycles. The summed E-state index contributed by atoms with van der Waals surface area (Å²) in [6.07, 6.45) is 7.09. The van der Waals surface area contributed by atoms with Gasteiger partial charge in [0.1, 0.15) is 5.69 Å². The first-order chi connectivity index (χ1) is 18.8. The molecule has 0 radical (unpaired) electrons. The Morgan fingerprint density at radius 1 is 1.05 bits per heavy atom. The van der Waals surface area contributed by atoms with E-state index < -0.39 is 5.97 Å². The van der Waals surface area contributed by atoms with Gasteiger partial charge in [-0.1, -0.05) is 42.8 Å². The fourth-order valence-corrected chi connectivity index (χ4v) is 6.54. The monoisotopic (exact) mass is 533 g/mol. The predicted octanol–water partition coefficient (Wildman–Crippen LogP) is 3.75. The minimum Gasteiger partial charge on any atom is -0.464 e. The summed E-state index contributed by atoms with van der Waals surface area (Å²) in [7, 11) is 5.58. The highest BCUT2D eigenvalue weighted by atomic mass is 16.5. The summed E-state index contributed by atoms with van der Waals surface area (Å²) in [6, 6.07) is 15.4. The lowest BCUT2D eigenvalue weighted by molar-refractivity contribution is -0.124. The Morgan fingerprint density at radius 3 is 2.38 bits per heavy atom. The third-order valence-electron chi connectivity index (χ3n) is 9.13. The largest absolute Gasteiger partial charge is 0.464 e. The second kappa shape index (κ2) is 11.0. The maximum absolute atomic E-state index is 13.7. The van der Waals surface area contributed by atoms with E-state index in [9.17, 15) is 14.4 Å². The van der Waals surface area contributed by atoms with Gasteiger partial charge in [0.15, 0.2) is 0 Å². The molecule has 2 heterocycles. The standard InChI is InChI=1S/C30H39N5O4/c1-33(2)30(23-11-5-4-6-12-23)17-15-29(16-18-30)21-35(28(38)34(29)20-22-9-7-10-22)32-26(36)19-24-13-8-14-25(31-24)27(37)39-3/h4-6,8,11-14,22H,7,9-10,15-21H2,1-3H3,(H,32,36). The number of amides is 3. The molecule has 0 unspecified atom stereocenters. The van der Waals surface area contributed by atoms with Crippen LogP contribution >= 0.6 is 0 Å². The van der Waals surface area contributed by atoms with Crippen molar-refractivity contribution < 1.29 is 19.1 Å². The van der Waals surface area contributed by atoms with Gasteiger partial charge in [-0.2, -0.15) is 0 Å². The van der Waals surface area contributed by atoms with Gasteiger partial charge in [-0.25, -0.2) is 19.6 Å². The minimum absolute atomic E-state index is 0.0397. The third kappa shape index (κ3) is 5.24. The molecule has 39 heavy (non-hydrogen) atoms. The number of carbonyl (C=O) groups is 3. The van der Waals surface area contributed by atoms with E-state index in [1.165, 1.54) is 24.1 Å². The summed E-state index contributed by atoms with van der Waals surface area (Å²) in [5.74, 6) is -0.357. The van der Waals surface area contributed by atoms with E-state index in [1.54, 1.807) is 18.2 Å². The molecule has 2 aliphatic carbocycles. The van der Waals surface area contributed by atoms with Crippen molar-refractivity contribution in [3.63, 3.8) is 0 Å². The number of hydrogen-bond acceptors (Lipinski definition) is 6. The maximum Gasteiger partial charge on any atom is 0.356 e. The van der Waals surface area contributed by atoms with E-state index in [1.807, 2.05) is 0 Å². The SMILES string of the molecule is COC(=O)c1cccc(CC(=O)NN2CC3(CCC(c4ccccc4)(N(C)C)CC3)N(CC3CCC3)C2=O)n1. The number of urea groups is 1. The number of methoxy groups -OCH3 is 1. The van der Waals surface area contributed by atoms with E-state index in [0.29, 0.717) is 18.2 Å². The first-order valence-electron chi connectivity index (χ1n) is 13.9. The molecule has 5 rings (SSSR count). The van der Waals surface area contributed by atoms with Gasteiger partial charge in [0.2, 0.25) is 5.91 Å². The summed E-state index contributed by atoms with van der Waals surface area (Å²) in [4.78, 5) is 47.2. The van der Waals surface area contributed by atoms with Crippen LogP contribution in [-0.4, -0.2) is 77.5 Å². The number of nitrogens with one attached hydrogen (secondary N) is 1. The summed E-state index contributed by atoms with van der Waals surface area (Å²) >= 11 is 0. The normalized spacial score (nSPS) is 25.2. The first kappa shape index (κ1) is 27.1. The van der Waals surface area contributed by atoms with Crippen molar-refractivity contribution in [3.05, 3.63) is 65.5 Å². The topological polar surface area (TPSA) is 95.1 Å². The second-order valence-corrected chi connectivity index (χ2v) is 11.5. The number of carbonyl (C=O) groups excluding carboxylic acids is 3. The molecule has 0 bridgehead atoms. The highest BCUT2D eigenvalue weighted by Gasteiger charge is 2.55. The fraction of sp³-hybridized carbons (Fsp3) is 0.533. The number of aromatic nitrogens is 1.